The van der Waals surface area contributed by atoms with E-state index in [4.69, 9.17) is 10.5 Å². The number of nitrogens with two attached hydrogens (primary N) is 1. The summed E-state index contributed by atoms with van der Waals surface area (Å²) in [6.07, 6.45) is 6.82. The molecule has 0 unspecified atom stereocenters. The first kappa shape index (κ1) is 16.2. The molecule has 0 aromatic rings. The molecular weight excluding hydrogens is 270 g/mol. The molecule has 21 heavy (non-hydrogen) atoms. The second kappa shape index (κ2) is 7.75. The molecule has 2 atom stereocenters. The lowest BCUT2D eigenvalue weighted by Gasteiger charge is -2.24. The third-order valence-electron chi connectivity index (χ3n) is 4.69. The molecule has 0 aromatic carbocycles. The minimum Gasteiger partial charge on any atom is -0.380 e. The molecule has 0 aromatic heterocycles. The summed E-state index contributed by atoms with van der Waals surface area (Å²) in [6.45, 7) is 1.56. The largest absolute Gasteiger partial charge is 0.380 e. The molecule has 2 rings (SSSR count). The van der Waals surface area contributed by atoms with Crippen LogP contribution in [-0.4, -0.2) is 55.6 Å². The normalized spacial score (nSPS) is 27.7. The highest BCUT2D eigenvalue weighted by atomic mass is 16.5. The number of hydrogen-bond donors (Lipinski definition) is 2. The van der Waals surface area contributed by atoms with Crippen LogP contribution >= 0.6 is 0 Å². The first-order valence-electron chi connectivity index (χ1n) is 7.93. The Labute approximate surface area is 126 Å². The minimum atomic E-state index is -0.393. The maximum Gasteiger partial charge on any atom is 0.234 e. The fourth-order valence-electron chi connectivity index (χ4n) is 3.39. The van der Waals surface area contributed by atoms with Crippen LogP contribution in [0.25, 0.3) is 0 Å². The number of ether oxygens (including phenoxy) is 1. The standard InChI is InChI=1S/C15H27N3O3/c1-21-12-7-13(15(16)20)18(9-12)10-14(19)17-8-11-5-3-2-4-6-11/h11-13H,2-10H2,1H3,(H2,16,20)(H,17,19)/t12-,13-/m0/s1. The first-order chi connectivity index (χ1) is 10.1. The molecule has 1 heterocycles. The molecule has 0 spiro atoms. The van der Waals surface area contributed by atoms with Crippen molar-refractivity contribution < 1.29 is 14.3 Å². The van der Waals surface area contributed by atoms with E-state index in [9.17, 15) is 9.59 Å². The Morgan fingerprint density at radius 2 is 2.00 bits per heavy atom. The van der Waals surface area contributed by atoms with Crippen molar-refractivity contribution in [1.29, 1.82) is 0 Å². The zero-order chi connectivity index (χ0) is 15.2. The van der Waals surface area contributed by atoms with Gasteiger partial charge in [0, 0.05) is 20.2 Å². The van der Waals surface area contributed by atoms with Gasteiger partial charge in [-0.3, -0.25) is 14.5 Å². The van der Waals surface area contributed by atoms with Gasteiger partial charge in [0.05, 0.1) is 18.7 Å². The number of rotatable bonds is 6. The van der Waals surface area contributed by atoms with Crippen molar-refractivity contribution in [2.24, 2.45) is 11.7 Å². The van der Waals surface area contributed by atoms with Crippen LogP contribution in [0.5, 0.6) is 0 Å². The molecule has 1 saturated carbocycles. The number of likely N-dealkylation sites (tertiary alicyclic amines) is 1. The van der Waals surface area contributed by atoms with E-state index in [0.29, 0.717) is 18.9 Å². The third-order valence-corrected chi connectivity index (χ3v) is 4.69. The van der Waals surface area contributed by atoms with Crippen LogP contribution < -0.4 is 11.1 Å². The van der Waals surface area contributed by atoms with Gasteiger partial charge in [-0.05, 0) is 25.2 Å². The summed E-state index contributed by atoms with van der Waals surface area (Å²) in [7, 11) is 1.62. The molecule has 2 aliphatic rings. The third kappa shape index (κ3) is 4.68. The number of amides is 2. The summed E-state index contributed by atoms with van der Waals surface area (Å²) in [4.78, 5) is 25.3. The molecule has 3 N–H and O–H groups in total. The summed E-state index contributed by atoms with van der Waals surface area (Å²) < 4.78 is 5.28. The predicted octanol–water partition coefficient (Wildman–Crippen LogP) is 0.258. The zero-order valence-electron chi connectivity index (χ0n) is 12.8. The molecule has 1 saturated heterocycles. The van der Waals surface area contributed by atoms with Crippen molar-refractivity contribution >= 4 is 11.8 Å². The maximum atomic E-state index is 12.1. The van der Waals surface area contributed by atoms with Gasteiger partial charge in [0.25, 0.3) is 0 Å². The van der Waals surface area contributed by atoms with Crippen LogP contribution in [0.4, 0.5) is 0 Å². The Morgan fingerprint density at radius 3 is 2.62 bits per heavy atom. The Morgan fingerprint density at radius 1 is 1.29 bits per heavy atom. The molecule has 2 amide bonds. The SMILES string of the molecule is CO[C@H]1C[C@@H](C(N)=O)N(CC(=O)NCC2CCCCC2)C1. The lowest BCUT2D eigenvalue weighted by atomic mass is 9.89. The fraction of sp³-hybridized carbons (Fsp3) is 0.867. The fourth-order valence-corrected chi connectivity index (χ4v) is 3.39. The second-order valence-corrected chi connectivity index (χ2v) is 6.25. The van der Waals surface area contributed by atoms with Crippen molar-refractivity contribution in [3.8, 4) is 0 Å². The highest BCUT2D eigenvalue weighted by Gasteiger charge is 2.36. The lowest BCUT2D eigenvalue weighted by molar-refractivity contribution is -0.125. The summed E-state index contributed by atoms with van der Waals surface area (Å²) in [5.41, 5.74) is 5.40. The average Bonchev–Trinajstić information content (AvgIpc) is 2.89. The van der Waals surface area contributed by atoms with Gasteiger partial charge < -0.3 is 15.8 Å². The number of hydrogen-bond acceptors (Lipinski definition) is 4. The Kier molecular flexibility index (Phi) is 5.99. The summed E-state index contributed by atoms with van der Waals surface area (Å²) in [5.74, 6) is 0.207. The van der Waals surface area contributed by atoms with E-state index in [2.05, 4.69) is 5.32 Å². The van der Waals surface area contributed by atoms with Crippen LogP contribution in [0, 0.1) is 5.92 Å². The topological polar surface area (TPSA) is 84.7 Å². The van der Waals surface area contributed by atoms with Crippen LogP contribution in [-0.2, 0) is 14.3 Å². The van der Waals surface area contributed by atoms with Gasteiger partial charge in [-0.25, -0.2) is 0 Å². The lowest BCUT2D eigenvalue weighted by Crippen LogP contribution is -2.46. The second-order valence-electron chi connectivity index (χ2n) is 6.25. The molecule has 2 fully saturated rings. The van der Waals surface area contributed by atoms with E-state index >= 15 is 0 Å². The highest BCUT2D eigenvalue weighted by molar-refractivity contribution is 5.82. The quantitative estimate of drug-likeness (QED) is 0.736. The number of nitrogens with one attached hydrogen (secondary N) is 1. The molecule has 6 heteroatoms. The van der Waals surface area contributed by atoms with Gasteiger partial charge in [-0.15, -0.1) is 0 Å². The number of nitrogens with zero attached hydrogens (tertiary/aromatic N) is 1. The first-order valence-corrected chi connectivity index (χ1v) is 7.93. The monoisotopic (exact) mass is 297 g/mol. The van der Waals surface area contributed by atoms with E-state index in [-0.39, 0.29) is 24.5 Å². The molecule has 120 valence electrons. The molecular formula is C15H27N3O3. The number of methoxy groups -OCH3 is 1. The van der Waals surface area contributed by atoms with Crippen LogP contribution in [0.1, 0.15) is 38.5 Å². The van der Waals surface area contributed by atoms with E-state index in [0.717, 1.165) is 6.54 Å². The Hall–Kier alpha value is -1.14. The summed E-state index contributed by atoms with van der Waals surface area (Å²) in [6, 6.07) is -0.393. The Bertz CT molecular complexity index is 369. The van der Waals surface area contributed by atoms with E-state index in [1.165, 1.54) is 32.1 Å². The van der Waals surface area contributed by atoms with E-state index < -0.39 is 6.04 Å². The van der Waals surface area contributed by atoms with Crippen LogP contribution in [0.15, 0.2) is 0 Å². The van der Waals surface area contributed by atoms with Crippen molar-refractivity contribution in [3.05, 3.63) is 0 Å². The van der Waals surface area contributed by atoms with Crippen molar-refractivity contribution in [3.63, 3.8) is 0 Å². The van der Waals surface area contributed by atoms with E-state index in [1.54, 1.807) is 7.11 Å². The van der Waals surface area contributed by atoms with Crippen molar-refractivity contribution in [2.45, 2.75) is 50.7 Å². The molecule has 1 aliphatic carbocycles. The zero-order valence-corrected chi connectivity index (χ0v) is 12.8. The Balaban J connectivity index is 1.76. The number of carbonyl (C=O) groups is 2. The average molecular weight is 297 g/mol. The van der Waals surface area contributed by atoms with Crippen LogP contribution in [0.2, 0.25) is 0 Å². The number of primary amides is 1. The summed E-state index contributed by atoms with van der Waals surface area (Å²) >= 11 is 0. The molecule has 6 nitrogen and oxygen atoms in total. The van der Waals surface area contributed by atoms with Crippen molar-refractivity contribution in [2.75, 3.05) is 26.7 Å². The number of carbonyl (C=O) groups excluding carboxylic acids is 2. The van der Waals surface area contributed by atoms with Gasteiger partial charge in [0.1, 0.15) is 0 Å². The smallest absolute Gasteiger partial charge is 0.234 e. The summed E-state index contributed by atoms with van der Waals surface area (Å²) in [5, 5.41) is 3.00. The molecule has 1 aliphatic heterocycles. The van der Waals surface area contributed by atoms with Gasteiger partial charge in [0.15, 0.2) is 0 Å². The predicted molar refractivity (Wildman–Crippen MR) is 79.6 cm³/mol. The van der Waals surface area contributed by atoms with Gasteiger partial charge in [-0.2, -0.15) is 0 Å². The minimum absolute atomic E-state index is 0.0198. The molecule has 0 radical (unpaired) electrons. The van der Waals surface area contributed by atoms with Crippen LogP contribution in [0.3, 0.4) is 0 Å². The van der Waals surface area contributed by atoms with Crippen molar-refractivity contribution in [1.82, 2.24) is 10.2 Å². The highest BCUT2D eigenvalue weighted by Crippen LogP contribution is 2.23. The van der Waals surface area contributed by atoms with Gasteiger partial charge in [-0.1, -0.05) is 19.3 Å². The molecule has 0 bridgehead atoms. The van der Waals surface area contributed by atoms with Gasteiger partial charge >= 0.3 is 0 Å². The maximum absolute atomic E-state index is 12.1. The van der Waals surface area contributed by atoms with Gasteiger partial charge in [0.2, 0.25) is 11.8 Å². The van der Waals surface area contributed by atoms with E-state index in [1.807, 2.05) is 4.90 Å².